The number of anilines is 1. The number of carbonyl (C=O) groups is 2. The van der Waals surface area contributed by atoms with Gasteiger partial charge in [0.1, 0.15) is 5.71 Å². The summed E-state index contributed by atoms with van der Waals surface area (Å²) in [6, 6.07) is 19.6. The lowest BCUT2D eigenvalue weighted by Gasteiger charge is -2.02. The Balaban J connectivity index is 1.65. The zero-order valence-electron chi connectivity index (χ0n) is 14.5. The molecule has 3 aromatic rings. The van der Waals surface area contributed by atoms with Crippen molar-refractivity contribution in [2.45, 2.75) is 0 Å². The van der Waals surface area contributed by atoms with E-state index < -0.39 is 10.8 Å². The summed E-state index contributed by atoms with van der Waals surface area (Å²) in [5.41, 5.74) is 2.38. The summed E-state index contributed by atoms with van der Waals surface area (Å²) < 4.78 is 0. The van der Waals surface area contributed by atoms with Gasteiger partial charge in [-0.2, -0.15) is 0 Å². The Labute approximate surface area is 159 Å². The minimum atomic E-state index is -0.523. The number of ketones is 1. The second-order valence-corrected chi connectivity index (χ2v) is 6.14. The highest BCUT2D eigenvalue weighted by Crippen LogP contribution is 2.29. The minimum Gasteiger partial charge on any atom is -0.320 e. The molecule has 1 heterocycles. The van der Waals surface area contributed by atoms with Gasteiger partial charge in [0.15, 0.2) is 5.78 Å². The van der Waals surface area contributed by atoms with Crippen LogP contribution >= 0.6 is 0 Å². The molecule has 3 aromatic carbocycles. The molecule has 1 amide bonds. The Morgan fingerprint density at radius 2 is 1.61 bits per heavy atom. The van der Waals surface area contributed by atoms with Crippen molar-refractivity contribution in [1.29, 1.82) is 0 Å². The fourth-order valence-corrected chi connectivity index (χ4v) is 2.94. The molecule has 0 saturated heterocycles. The van der Waals surface area contributed by atoms with Gasteiger partial charge < -0.3 is 5.32 Å². The second kappa shape index (κ2) is 6.88. The number of nitrogens with zero attached hydrogens (tertiary/aromatic N) is 2. The predicted molar refractivity (Wildman–Crippen MR) is 104 cm³/mol. The van der Waals surface area contributed by atoms with E-state index in [1.165, 1.54) is 18.2 Å². The molecule has 0 saturated carbocycles. The molecule has 1 aliphatic heterocycles. The van der Waals surface area contributed by atoms with E-state index in [1.807, 2.05) is 6.07 Å². The summed E-state index contributed by atoms with van der Waals surface area (Å²) in [5.74, 6) is -0.542. The molecular formula is C21H13N3O4. The van der Waals surface area contributed by atoms with E-state index in [0.29, 0.717) is 28.1 Å². The van der Waals surface area contributed by atoms with Crippen molar-refractivity contribution in [1.82, 2.24) is 0 Å². The molecule has 0 unspecified atom stereocenters. The summed E-state index contributed by atoms with van der Waals surface area (Å²) in [6.07, 6.45) is 0. The molecule has 1 aliphatic rings. The lowest BCUT2D eigenvalue weighted by molar-refractivity contribution is -0.384. The van der Waals surface area contributed by atoms with Gasteiger partial charge in [-0.3, -0.25) is 19.7 Å². The van der Waals surface area contributed by atoms with Gasteiger partial charge in [-0.15, -0.1) is 0 Å². The van der Waals surface area contributed by atoms with Crippen LogP contribution in [0, 0.1) is 10.1 Å². The Bertz CT molecular complexity index is 1140. The van der Waals surface area contributed by atoms with Crippen molar-refractivity contribution in [3.63, 3.8) is 0 Å². The maximum atomic E-state index is 12.5. The second-order valence-electron chi connectivity index (χ2n) is 6.14. The quantitative estimate of drug-likeness (QED) is 0.427. The lowest BCUT2D eigenvalue weighted by Crippen LogP contribution is -2.13. The van der Waals surface area contributed by atoms with Crippen molar-refractivity contribution in [3.8, 4) is 0 Å². The number of amides is 1. The van der Waals surface area contributed by atoms with Gasteiger partial charge in [-0.05, 0) is 30.3 Å². The van der Waals surface area contributed by atoms with Gasteiger partial charge in [0.05, 0.1) is 16.3 Å². The Morgan fingerprint density at radius 1 is 0.929 bits per heavy atom. The van der Waals surface area contributed by atoms with Gasteiger partial charge in [0, 0.05) is 28.8 Å². The maximum Gasteiger partial charge on any atom is 0.275 e. The number of nitro groups is 1. The molecule has 0 radical (unpaired) electrons. The molecule has 0 aliphatic carbocycles. The molecule has 136 valence electrons. The fraction of sp³-hybridized carbons (Fsp3) is 0. The molecule has 4 rings (SSSR count). The third-order valence-corrected chi connectivity index (χ3v) is 4.34. The van der Waals surface area contributed by atoms with Crippen molar-refractivity contribution >= 4 is 34.5 Å². The molecule has 0 spiro atoms. The van der Waals surface area contributed by atoms with Gasteiger partial charge in [-0.25, -0.2) is 4.99 Å². The third-order valence-electron chi connectivity index (χ3n) is 4.34. The summed E-state index contributed by atoms with van der Waals surface area (Å²) in [5, 5.41) is 13.6. The SMILES string of the molecule is O=C1Nc2ccc([N+](=O)[O-])cc2C1=Nc1ccc(C(=O)c2ccccc2)cc1. The van der Waals surface area contributed by atoms with Crippen molar-refractivity contribution in [2.75, 3.05) is 5.32 Å². The Hall–Kier alpha value is -4.13. The van der Waals surface area contributed by atoms with E-state index in [2.05, 4.69) is 10.3 Å². The van der Waals surface area contributed by atoms with Gasteiger partial charge in [0.2, 0.25) is 0 Å². The molecule has 7 nitrogen and oxygen atoms in total. The average Bonchev–Trinajstić information content (AvgIpc) is 3.03. The van der Waals surface area contributed by atoms with Crippen LogP contribution in [0.15, 0.2) is 77.8 Å². The summed E-state index contributed by atoms with van der Waals surface area (Å²) >= 11 is 0. The van der Waals surface area contributed by atoms with E-state index in [1.54, 1.807) is 48.5 Å². The van der Waals surface area contributed by atoms with Gasteiger partial charge >= 0.3 is 0 Å². The van der Waals surface area contributed by atoms with Crippen LogP contribution in [-0.4, -0.2) is 22.3 Å². The number of hydrogen-bond donors (Lipinski definition) is 1. The van der Waals surface area contributed by atoms with Crippen molar-refractivity contribution in [3.05, 3.63) is 99.6 Å². The molecule has 28 heavy (non-hydrogen) atoms. The number of nitro benzene ring substituents is 1. The molecule has 0 aromatic heterocycles. The van der Waals surface area contributed by atoms with Crippen LogP contribution in [0.2, 0.25) is 0 Å². The summed E-state index contributed by atoms with van der Waals surface area (Å²) in [4.78, 5) is 39.5. The number of nitrogens with one attached hydrogen (secondary N) is 1. The van der Waals surface area contributed by atoms with E-state index in [-0.39, 0.29) is 17.2 Å². The maximum absolute atomic E-state index is 12.5. The Kier molecular flexibility index (Phi) is 4.25. The molecular weight excluding hydrogens is 358 g/mol. The summed E-state index contributed by atoms with van der Waals surface area (Å²) in [6.45, 7) is 0. The van der Waals surface area contributed by atoms with Crippen LogP contribution < -0.4 is 5.32 Å². The molecule has 7 heteroatoms. The number of fused-ring (bicyclic) bond motifs is 1. The fourth-order valence-electron chi connectivity index (χ4n) is 2.94. The van der Waals surface area contributed by atoms with Crippen LogP contribution in [0.3, 0.4) is 0 Å². The minimum absolute atomic E-state index is 0.0980. The number of carbonyl (C=O) groups excluding carboxylic acids is 2. The molecule has 0 fully saturated rings. The first-order valence-corrected chi connectivity index (χ1v) is 8.41. The van der Waals surface area contributed by atoms with Gasteiger partial charge in [-0.1, -0.05) is 30.3 Å². The largest absolute Gasteiger partial charge is 0.320 e. The van der Waals surface area contributed by atoms with Gasteiger partial charge in [0.25, 0.3) is 11.6 Å². The predicted octanol–water partition coefficient (Wildman–Crippen LogP) is 3.90. The molecule has 0 atom stereocenters. The average molecular weight is 371 g/mol. The molecule has 0 bridgehead atoms. The highest BCUT2D eigenvalue weighted by atomic mass is 16.6. The highest BCUT2D eigenvalue weighted by Gasteiger charge is 2.28. The monoisotopic (exact) mass is 371 g/mol. The first kappa shape index (κ1) is 17.3. The van der Waals surface area contributed by atoms with Crippen LogP contribution in [0.1, 0.15) is 21.5 Å². The Morgan fingerprint density at radius 3 is 2.29 bits per heavy atom. The van der Waals surface area contributed by atoms with Crippen molar-refractivity contribution < 1.29 is 14.5 Å². The van der Waals surface area contributed by atoms with Crippen LogP contribution in [0.25, 0.3) is 0 Å². The van der Waals surface area contributed by atoms with E-state index >= 15 is 0 Å². The smallest absolute Gasteiger partial charge is 0.275 e. The van der Waals surface area contributed by atoms with Crippen LogP contribution in [0.5, 0.6) is 0 Å². The standard InChI is InChI=1S/C21H13N3O4/c25-20(13-4-2-1-3-5-13)14-6-8-15(9-7-14)22-19-17-12-16(24(27)28)10-11-18(17)23-21(19)26/h1-12H,(H,22,23,26). The van der Waals surface area contributed by atoms with E-state index in [4.69, 9.17) is 0 Å². The van der Waals surface area contributed by atoms with E-state index in [9.17, 15) is 19.7 Å². The first-order chi connectivity index (χ1) is 13.5. The number of hydrogen-bond acceptors (Lipinski definition) is 5. The zero-order valence-corrected chi connectivity index (χ0v) is 14.5. The number of rotatable bonds is 4. The number of non-ortho nitro benzene ring substituents is 1. The number of aliphatic imine (C=N–C) groups is 1. The number of benzene rings is 3. The highest BCUT2D eigenvalue weighted by molar-refractivity contribution is 6.54. The van der Waals surface area contributed by atoms with Crippen molar-refractivity contribution in [2.24, 2.45) is 4.99 Å². The third kappa shape index (κ3) is 3.16. The topological polar surface area (TPSA) is 102 Å². The van der Waals surface area contributed by atoms with Crippen LogP contribution in [0.4, 0.5) is 17.1 Å². The first-order valence-electron chi connectivity index (χ1n) is 8.41. The lowest BCUT2D eigenvalue weighted by atomic mass is 10.0. The summed E-state index contributed by atoms with van der Waals surface area (Å²) in [7, 11) is 0. The zero-order chi connectivity index (χ0) is 19.7. The van der Waals surface area contributed by atoms with Crippen LogP contribution in [-0.2, 0) is 4.79 Å². The normalized spacial score (nSPS) is 13.9. The molecule has 1 N–H and O–H groups in total. The van der Waals surface area contributed by atoms with E-state index in [0.717, 1.165) is 0 Å².